The molecule has 128 valence electrons. The van der Waals surface area contributed by atoms with Gasteiger partial charge in [0, 0.05) is 22.5 Å². The minimum atomic E-state index is -0.821. The standard InChI is InChI=1S/C19H18N2O3S/c22-18(23)8-6-11-5-7-14-12(9-11)13(19(24)21-14)10-17-20-15-3-1-2-4-16(15)25-17/h5,7,9-10H,1-4,6,8H2,(H,21,24)(H,22,23). The summed E-state index contributed by atoms with van der Waals surface area (Å²) in [6.45, 7) is 0. The lowest BCUT2D eigenvalue weighted by Gasteiger charge is -2.06. The van der Waals surface area contributed by atoms with Crippen molar-refractivity contribution in [3.63, 3.8) is 0 Å². The van der Waals surface area contributed by atoms with E-state index in [-0.39, 0.29) is 12.3 Å². The molecule has 0 atom stereocenters. The van der Waals surface area contributed by atoms with E-state index in [1.165, 1.54) is 23.4 Å². The fourth-order valence-corrected chi connectivity index (χ4v) is 4.44. The summed E-state index contributed by atoms with van der Waals surface area (Å²) in [6, 6.07) is 5.63. The lowest BCUT2D eigenvalue weighted by molar-refractivity contribution is -0.137. The van der Waals surface area contributed by atoms with Gasteiger partial charge in [-0.1, -0.05) is 6.07 Å². The van der Waals surface area contributed by atoms with Crippen molar-refractivity contribution in [2.24, 2.45) is 0 Å². The maximum atomic E-state index is 12.4. The first-order valence-electron chi connectivity index (χ1n) is 8.47. The zero-order valence-electron chi connectivity index (χ0n) is 13.7. The van der Waals surface area contributed by atoms with E-state index in [1.807, 2.05) is 24.3 Å². The number of nitrogens with zero attached hydrogens (tertiary/aromatic N) is 1. The lowest BCUT2D eigenvalue weighted by Crippen LogP contribution is -2.03. The molecule has 5 nitrogen and oxygen atoms in total. The Labute approximate surface area is 149 Å². The summed E-state index contributed by atoms with van der Waals surface area (Å²) in [5.74, 6) is -0.947. The fourth-order valence-electron chi connectivity index (χ4n) is 3.34. The molecule has 1 aromatic heterocycles. The number of aryl methyl sites for hydroxylation is 3. The van der Waals surface area contributed by atoms with Crippen molar-refractivity contribution in [2.45, 2.75) is 38.5 Å². The van der Waals surface area contributed by atoms with Gasteiger partial charge in [-0.15, -0.1) is 11.3 Å². The molecule has 1 amide bonds. The number of benzene rings is 1. The molecule has 4 rings (SSSR count). The first-order chi connectivity index (χ1) is 12.1. The predicted molar refractivity (Wildman–Crippen MR) is 97.7 cm³/mol. The van der Waals surface area contributed by atoms with Crippen LogP contribution in [0.5, 0.6) is 0 Å². The maximum Gasteiger partial charge on any atom is 0.303 e. The Morgan fingerprint density at radius 1 is 1.32 bits per heavy atom. The number of carbonyl (C=O) groups excluding carboxylic acids is 1. The number of anilines is 1. The molecule has 1 aromatic carbocycles. The quantitative estimate of drug-likeness (QED) is 0.823. The largest absolute Gasteiger partial charge is 0.481 e. The van der Waals surface area contributed by atoms with Crippen LogP contribution in [-0.4, -0.2) is 22.0 Å². The van der Waals surface area contributed by atoms with Crippen LogP contribution in [-0.2, 0) is 28.9 Å². The van der Waals surface area contributed by atoms with Crippen molar-refractivity contribution in [3.05, 3.63) is 44.9 Å². The van der Waals surface area contributed by atoms with Crippen LogP contribution in [0, 0.1) is 0 Å². The summed E-state index contributed by atoms with van der Waals surface area (Å²) in [5.41, 5.74) is 4.31. The summed E-state index contributed by atoms with van der Waals surface area (Å²) in [6.07, 6.45) is 6.90. The molecule has 0 unspecified atom stereocenters. The zero-order valence-corrected chi connectivity index (χ0v) is 14.5. The van der Waals surface area contributed by atoms with E-state index >= 15 is 0 Å². The molecule has 2 N–H and O–H groups in total. The molecular formula is C19H18N2O3S. The topological polar surface area (TPSA) is 79.3 Å². The first-order valence-corrected chi connectivity index (χ1v) is 9.28. The highest BCUT2D eigenvalue weighted by atomic mass is 32.1. The average Bonchev–Trinajstić information content (AvgIpc) is 3.14. The molecule has 0 fully saturated rings. The SMILES string of the molecule is O=C(O)CCc1ccc2c(c1)C(=Cc1nc3c(s1)CCCC3)C(=O)N2. The highest BCUT2D eigenvalue weighted by molar-refractivity contribution is 7.12. The number of fused-ring (bicyclic) bond motifs is 2. The molecule has 2 aliphatic rings. The minimum absolute atomic E-state index is 0.0818. The number of nitrogens with one attached hydrogen (secondary N) is 1. The van der Waals surface area contributed by atoms with Crippen LogP contribution in [0.4, 0.5) is 5.69 Å². The van der Waals surface area contributed by atoms with E-state index in [2.05, 4.69) is 10.3 Å². The molecule has 1 aliphatic heterocycles. The third-order valence-electron chi connectivity index (χ3n) is 4.62. The van der Waals surface area contributed by atoms with Crippen LogP contribution in [0.15, 0.2) is 18.2 Å². The first kappa shape index (κ1) is 16.0. The summed E-state index contributed by atoms with van der Waals surface area (Å²) in [7, 11) is 0. The van der Waals surface area contributed by atoms with Gasteiger partial charge in [0.05, 0.1) is 11.3 Å². The maximum absolute atomic E-state index is 12.4. The molecule has 0 spiro atoms. The molecule has 0 saturated carbocycles. The smallest absolute Gasteiger partial charge is 0.303 e. The highest BCUT2D eigenvalue weighted by Gasteiger charge is 2.25. The van der Waals surface area contributed by atoms with Crippen LogP contribution >= 0.6 is 11.3 Å². The van der Waals surface area contributed by atoms with Crippen LogP contribution in [0.3, 0.4) is 0 Å². The molecule has 0 saturated heterocycles. The zero-order chi connectivity index (χ0) is 17.4. The molecule has 1 aliphatic carbocycles. The van der Waals surface area contributed by atoms with E-state index in [0.29, 0.717) is 12.0 Å². The summed E-state index contributed by atoms with van der Waals surface area (Å²) >= 11 is 1.67. The number of hydrogen-bond acceptors (Lipinski definition) is 4. The van der Waals surface area contributed by atoms with Gasteiger partial charge >= 0.3 is 5.97 Å². The van der Waals surface area contributed by atoms with Gasteiger partial charge in [-0.05, 0) is 55.9 Å². The van der Waals surface area contributed by atoms with Gasteiger partial charge in [-0.25, -0.2) is 4.98 Å². The molecule has 25 heavy (non-hydrogen) atoms. The Bertz CT molecular complexity index is 875. The number of thiazole rings is 1. The van der Waals surface area contributed by atoms with Gasteiger partial charge in [0.2, 0.25) is 0 Å². The lowest BCUT2D eigenvalue weighted by atomic mass is 10.0. The van der Waals surface area contributed by atoms with Crippen LogP contribution in [0.25, 0.3) is 11.6 Å². The Balaban J connectivity index is 1.67. The highest BCUT2D eigenvalue weighted by Crippen LogP contribution is 2.35. The molecule has 2 aromatic rings. The fraction of sp³-hybridized carbons (Fsp3) is 0.316. The van der Waals surface area contributed by atoms with E-state index in [1.54, 1.807) is 11.3 Å². The predicted octanol–water partition coefficient (Wildman–Crippen LogP) is 3.53. The molecule has 0 bridgehead atoms. The number of aliphatic carboxylic acids is 1. The summed E-state index contributed by atoms with van der Waals surface area (Å²) < 4.78 is 0. The normalized spacial score (nSPS) is 17.3. The van der Waals surface area contributed by atoms with Crippen molar-refractivity contribution in [1.29, 1.82) is 0 Å². The number of rotatable bonds is 4. The van der Waals surface area contributed by atoms with Gasteiger partial charge in [0.25, 0.3) is 5.91 Å². The number of hydrogen-bond donors (Lipinski definition) is 2. The van der Waals surface area contributed by atoms with Gasteiger partial charge in [0.15, 0.2) is 0 Å². The number of aromatic nitrogens is 1. The Hall–Kier alpha value is -2.47. The second-order valence-electron chi connectivity index (χ2n) is 6.41. The monoisotopic (exact) mass is 354 g/mol. The number of amides is 1. The van der Waals surface area contributed by atoms with Crippen LogP contribution in [0.1, 0.15) is 46.0 Å². The van der Waals surface area contributed by atoms with Gasteiger partial charge in [-0.3, -0.25) is 9.59 Å². The van der Waals surface area contributed by atoms with Gasteiger partial charge in [-0.2, -0.15) is 0 Å². The van der Waals surface area contributed by atoms with E-state index in [9.17, 15) is 9.59 Å². The molecule has 2 heterocycles. The van der Waals surface area contributed by atoms with Gasteiger partial charge < -0.3 is 10.4 Å². The molecular weight excluding hydrogens is 336 g/mol. The van der Waals surface area contributed by atoms with E-state index in [4.69, 9.17) is 5.11 Å². The van der Waals surface area contributed by atoms with Crippen molar-refractivity contribution in [1.82, 2.24) is 4.98 Å². The van der Waals surface area contributed by atoms with Crippen molar-refractivity contribution in [2.75, 3.05) is 5.32 Å². The van der Waals surface area contributed by atoms with Gasteiger partial charge in [0.1, 0.15) is 5.01 Å². The number of carboxylic acid groups (broad SMARTS) is 1. The third kappa shape index (κ3) is 3.22. The van der Waals surface area contributed by atoms with Crippen LogP contribution in [0.2, 0.25) is 0 Å². The van der Waals surface area contributed by atoms with Crippen molar-refractivity contribution >= 4 is 40.5 Å². The van der Waals surface area contributed by atoms with Crippen molar-refractivity contribution < 1.29 is 14.7 Å². The third-order valence-corrected chi connectivity index (χ3v) is 5.73. The van der Waals surface area contributed by atoms with Crippen molar-refractivity contribution in [3.8, 4) is 0 Å². The summed E-state index contributed by atoms with van der Waals surface area (Å²) in [4.78, 5) is 29.2. The molecule has 0 radical (unpaired) electrons. The Kier molecular flexibility index (Phi) is 4.13. The Morgan fingerprint density at radius 3 is 2.96 bits per heavy atom. The second kappa shape index (κ2) is 6.44. The van der Waals surface area contributed by atoms with E-state index < -0.39 is 5.97 Å². The molecule has 6 heteroatoms. The van der Waals surface area contributed by atoms with E-state index in [0.717, 1.165) is 34.7 Å². The Morgan fingerprint density at radius 2 is 2.16 bits per heavy atom. The number of carboxylic acids is 1. The summed E-state index contributed by atoms with van der Waals surface area (Å²) in [5, 5.41) is 12.6. The second-order valence-corrected chi connectivity index (χ2v) is 7.53. The van der Waals surface area contributed by atoms with Crippen LogP contribution < -0.4 is 5.32 Å². The minimum Gasteiger partial charge on any atom is -0.481 e. The average molecular weight is 354 g/mol. The number of carbonyl (C=O) groups is 2.